The lowest BCUT2D eigenvalue weighted by molar-refractivity contribution is -0.136. The summed E-state index contributed by atoms with van der Waals surface area (Å²) in [6.07, 6.45) is 6.87. The van der Waals surface area contributed by atoms with Crippen LogP contribution < -0.4 is 15.0 Å². The summed E-state index contributed by atoms with van der Waals surface area (Å²) in [7, 11) is 0. The number of likely N-dealkylation sites (tertiary alicyclic amines) is 1. The second-order valence-corrected chi connectivity index (χ2v) is 11.7. The molecule has 2 saturated heterocycles. The smallest absolute Gasteiger partial charge is 0.247 e. The fourth-order valence-electron chi connectivity index (χ4n) is 7.00. The highest BCUT2D eigenvalue weighted by molar-refractivity contribution is 5.93. The van der Waals surface area contributed by atoms with Crippen molar-refractivity contribution in [1.29, 1.82) is 0 Å². The van der Waals surface area contributed by atoms with Gasteiger partial charge in [0.2, 0.25) is 11.8 Å². The summed E-state index contributed by atoms with van der Waals surface area (Å²) >= 11 is 0. The van der Waals surface area contributed by atoms with Crippen molar-refractivity contribution in [1.82, 2.24) is 15.1 Å². The molecule has 2 amide bonds. The van der Waals surface area contributed by atoms with Crippen LogP contribution in [0.3, 0.4) is 0 Å². The van der Waals surface area contributed by atoms with Crippen molar-refractivity contribution in [2.45, 2.75) is 64.3 Å². The Kier molecular flexibility index (Phi) is 9.30. The van der Waals surface area contributed by atoms with E-state index in [0.717, 1.165) is 89.1 Å². The highest BCUT2D eigenvalue weighted by atomic mass is 16.5. The quantitative estimate of drug-likeness (QED) is 0.468. The number of amides is 2. The van der Waals surface area contributed by atoms with Crippen molar-refractivity contribution in [2.75, 3.05) is 50.9 Å². The summed E-state index contributed by atoms with van der Waals surface area (Å²) in [5, 5.41) is 3.09. The Hall–Kier alpha value is -3.06. The summed E-state index contributed by atoms with van der Waals surface area (Å²) in [5.41, 5.74) is 1.94. The molecule has 0 aromatic heterocycles. The van der Waals surface area contributed by atoms with Gasteiger partial charge < -0.3 is 19.9 Å². The van der Waals surface area contributed by atoms with Crippen molar-refractivity contribution >= 4 is 17.5 Å². The maximum absolute atomic E-state index is 12.9. The molecule has 2 aromatic carbocycles. The molecule has 0 unspecified atom stereocenters. The van der Waals surface area contributed by atoms with Crippen LogP contribution in [0.5, 0.6) is 5.75 Å². The molecule has 1 spiro atoms. The van der Waals surface area contributed by atoms with Crippen molar-refractivity contribution in [3.05, 3.63) is 60.2 Å². The van der Waals surface area contributed by atoms with Crippen molar-refractivity contribution in [2.24, 2.45) is 11.8 Å². The van der Waals surface area contributed by atoms with Crippen LogP contribution in [0.1, 0.15) is 57.9 Å². The molecular weight excluding hydrogens is 500 g/mol. The molecular formula is C33H46N4O3. The van der Waals surface area contributed by atoms with Gasteiger partial charge in [-0.3, -0.25) is 14.5 Å². The number of carbonyl (C=O) groups excluding carboxylic acids is 2. The van der Waals surface area contributed by atoms with E-state index in [2.05, 4.69) is 65.4 Å². The summed E-state index contributed by atoms with van der Waals surface area (Å²) in [6, 6.07) is 18.7. The highest BCUT2D eigenvalue weighted by Gasteiger charge is 2.50. The predicted octanol–water partition coefficient (Wildman–Crippen LogP) is 4.71. The van der Waals surface area contributed by atoms with Crippen molar-refractivity contribution in [3.63, 3.8) is 0 Å². The zero-order valence-corrected chi connectivity index (χ0v) is 24.3. The van der Waals surface area contributed by atoms with Gasteiger partial charge in [0.1, 0.15) is 17.9 Å². The minimum absolute atomic E-state index is 0.160. The van der Waals surface area contributed by atoms with E-state index in [9.17, 15) is 9.59 Å². The molecule has 1 N–H and O–H groups in total. The van der Waals surface area contributed by atoms with Gasteiger partial charge in [-0.25, -0.2) is 0 Å². The lowest BCUT2D eigenvalue weighted by Crippen LogP contribution is -2.56. The predicted molar refractivity (Wildman–Crippen MR) is 159 cm³/mol. The first-order valence-corrected chi connectivity index (χ1v) is 15.4. The van der Waals surface area contributed by atoms with Crippen LogP contribution in [0, 0.1) is 11.8 Å². The molecule has 0 bridgehead atoms. The first-order valence-electron chi connectivity index (χ1n) is 15.4. The first-order chi connectivity index (χ1) is 19.5. The lowest BCUT2D eigenvalue weighted by Gasteiger charge is -2.43. The number of para-hydroxylation sites is 2. The number of carbonyl (C=O) groups is 2. The average Bonchev–Trinajstić information content (AvgIpc) is 3.31. The maximum atomic E-state index is 12.9. The Morgan fingerprint density at radius 3 is 2.35 bits per heavy atom. The van der Waals surface area contributed by atoms with E-state index < -0.39 is 5.54 Å². The van der Waals surface area contributed by atoms with Gasteiger partial charge in [0.05, 0.1) is 6.67 Å². The SMILES string of the molecule is CCN(CC)C(=O)C1CCC(Cc2ccccc2OCCN2CCC3(CC2)C(=O)NCN3c2ccccc2)CC1. The molecule has 1 aliphatic carbocycles. The molecule has 3 aliphatic rings. The van der Waals surface area contributed by atoms with Gasteiger partial charge in [0.15, 0.2) is 0 Å². The lowest BCUT2D eigenvalue weighted by atomic mass is 9.78. The topological polar surface area (TPSA) is 65.1 Å². The summed E-state index contributed by atoms with van der Waals surface area (Å²) < 4.78 is 6.34. The van der Waals surface area contributed by atoms with E-state index in [0.29, 0.717) is 25.1 Å². The van der Waals surface area contributed by atoms with E-state index in [1.807, 2.05) is 23.1 Å². The van der Waals surface area contributed by atoms with Gasteiger partial charge in [-0.1, -0.05) is 36.4 Å². The normalized spacial score (nSPS) is 22.8. The molecule has 2 aliphatic heterocycles. The summed E-state index contributed by atoms with van der Waals surface area (Å²) in [4.78, 5) is 32.4. The largest absolute Gasteiger partial charge is 0.492 e. The first kappa shape index (κ1) is 28.5. The maximum Gasteiger partial charge on any atom is 0.247 e. The van der Waals surface area contributed by atoms with E-state index in [1.54, 1.807) is 0 Å². The summed E-state index contributed by atoms with van der Waals surface area (Å²) in [5.74, 6) is 2.29. The van der Waals surface area contributed by atoms with Crippen LogP contribution in [0.4, 0.5) is 5.69 Å². The van der Waals surface area contributed by atoms with Crippen molar-refractivity contribution in [3.8, 4) is 5.75 Å². The number of nitrogens with zero attached hydrogens (tertiary/aromatic N) is 3. The minimum Gasteiger partial charge on any atom is -0.492 e. The third-order valence-corrected chi connectivity index (χ3v) is 9.51. The fraction of sp³-hybridized carbons (Fsp3) is 0.576. The van der Waals surface area contributed by atoms with Gasteiger partial charge in [0.25, 0.3) is 0 Å². The molecule has 2 heterocycles. The molecule has 0 atom stereocenters. The van der Waals surface area contributed by atoms with Gasteiger partial charge >= 0.3 is 0 Å². The Labute approximate surface area is 239 Å². The van der Waals surface area contributed by atoms with Crippen molar-refractivity contribution < 1.29 is 14.3 Å². The molecule has 1 saturated carbocycles. The van der Waals surface area contributed by atoms with Crippen LogP contribution in [0.2, 0.25) is 0 Å². The number of hydrogen-bond acceptors (Lipinski definition) is 5. The third-order valence-electron chi connectivity index (χ3n) is 9.51. The Morgan fingerprint density at radius 1 is 0.975 bits per heavy atom. The minimum atomic E-state index is -0.444. The van der Waals surface area contributed by atoms with Crippen LogP contribution in [0.15, 0.2) is 54.6 Å². The second kappa shape index (κ2) is 13.1. The molecule has 216 valence electrons. The number of nitrogens with one attached hydrogen (secondary N) is 1. The second-order valence-electron chi connectivity index (χ2n) is 11.7. The van der Waals surface area contributed by atoms with Crippen LogP contribution in [0.25, 0.3) is 0 Å². The van der Waals surface area contributed by atoms with Crippen LogP contribution in [-0.2, 0) is 16.0 Å². The fourth-order valence-corrected chi connectivity index (χ4v) is 7.00. The molecule has 40 heavy (non-hydrogen) atoms. The van der Waals surface area contributed by atoms with E-state index in [1.165, 1.54) is 5.56 Å². The van der Waals surface area contributed by atoms with Crippen LogP contribution >= 0.6 is 0 Å². The zero-order valence-electron chi connectivity index (χ0n) is 24.3. The number of rotatable bonds is 10. The molecule has 0 radical (unpaired) electrons. The standard InChI is InChI=1S/C33H46N4O3/c1-3-36(4-2)31(38)27-16-14-26(15-17-27)24-28-10-8-9-13-30(28)40-23-22-35-20-18-33(19-21-35)32(39)34-25-37(33)29-11-6-5-7-12-29/h5-13,26-27H,3-4,14-25H2,1-2H3,(H,34,39). The monoisotopic (exact) mass is 546 g/mol. The number of ether oxygens (including phenoxy) is 1. The van der Waals surface area contributed by atoms with E-state index in [-0.39, 0.29) is 11.8 Å². The number of hydrogen-bond donors (Lipinski definition) is 1. The third kappa shape index (κ3) is 6.14. The van der Waals surface area contributed by atoms with E-state index >= 15 is 0 Å². The molecule has 5 rings (SSSR count). The number of anilines is 1. The Morgan fingerprint density at radius 2 is 1.65 bits per heavy atom. The average molecular weight is 547 g/mol. The molecule has 7 nitrogen and oxygen atoms in total. The van der Waals surface area contributed by atoms with Gasteiger partial charge in [-0.15, -0.1) is 0 Å². The molecule has 2 aromatic rings. The molecule has 3 fully saturated rings. The van der Waals surface area contributed by atoms with Crippen LogP contribution in [-0.4, -0.2) is 73.2 Å². The Balaban J connectivity index is 1.09. The zero-order chi connectivity index (χ0) is 28.0. The van der Waals surface area contributed by atoms with E-state index in [4.69, 9.17) is 4.74 Å². The number of piperidine rings is 1. The molecule has 7 heteroatoms. The Bertz CT molecular complexity index is 1120. The van der Waals surface area contributed by atoms with Gasteiger partial charge in [0, 0.05) is 44.3 Å². The number of benzene rings is 2. The van der Waals surface area contributed by atoms with Gasteiger partial charge in [-0.05, 0) is 88.5 Å². The van der Waals surface area contributed by atoms with Gasteiger partial charge in [-0.2, -0.15) is 0 Å². The summed E-state index contributed by atoms with van der Waals surface area (Å²) in [6.45, 7) is 9.60. The highest BCUT2D eigenvalue weighted by Crippen LogP contribution is 2.37.